The van der Waals surface area contributed by atoms with E-state index in [0.717, 1.165) is 64.6 Å². The summed E-state index contributed by atoms with van der Waals surface area (Å²) in [6.07, 6.45) is 8.21. The highest BCUT2D eigenvalue weighted by molar-refractivity contribution is 5.86. The number of amides is 2. The molecule has 2 amide bonds. The van der Waals surface area contributed by atoms with Crippen LogP contribution in [-0.2, 0) is 9.53 Å². The van der Waals surface area contributed by atoms with Crippen molar-refractivity contribution < 1.29 is 14.3 Å². The van der Waals surface area contributed by atoms with Gasteiger partial charge in [-0.15, -0.1) is 0 Å². The van der Waals surface area contributed by atoms with Crippen molar-refractivity contribution in [2.45, 2.75) is 117 Å². The number of carbonyl (C=O) groups excluding carboxylic acids is 2. The van der Waals surface area contributed by atoms with Gasteiger partial charge in [-0.3, -0.25) is 4.79 Å². The van der Waals surface area contributed by atoms with Crippen molar-refractivity contribution in [1.29, 1.82) is 5.26 Å². The van der Waals surface area contributed by atoms with Crippen LogP contribution in [0.5, 0.6) is 0 Å². The van der Waals surface area contributed by atoms with E-state index in [2.05, 4.69) is 42.4 Å². The molecule has 0 bridgehead atoms. The van der Waals surface area contributed by atoms with Crippen LogP contribution in [0, 0.1) is 22.7 Å². The average molecular weight is 463 g/mol. The van der Waals surface area contributed by atoms with Crippen molar-refractivity contribution in [2.75, 3.05) is 19.6 Å². The summed E-state index contributed by atoms with van der Waals surface area (Å²) >= 11 is 0. The number of rotatable bonds is 10. The second-order valence-electron chi connectivity index (χ2n) is 11.1. The first-order chi connectivity index (χ1) is 15.6. The number of carbonyl (C=O) groups is 2. The molecular weight excluding hydrogens is 416 g/mol. The maximum absolute atomic E-state index is 13.4. The summed E-state index contributed by atoms with van der Waals surface area (Å²) in [5.41, 5.74) is -0.525. The Labute approximate surface area is 201 Å². The Bertz CT molecular complexity index is 670. The van der Waals surface area contributed by atoms with Gasteiger partial charge in [0.1, 0.15) is 17.7 Å². The first-order valence-corrected chi connectivity index (χ1v) is 13.0. The van der Waals surface area contributed by atoms with Gasteiger partial charge < -0.3 is 20.3 Å². The average Bonchev–Trinajstić information content (AvgIpc) is 2.76. The molecule has 188 valence electrons. The third kappa shape index (κ3) is 8.81. The van der Waals surface area contributed by atoms with Crippen molar-refractivity contribution in [3.05, 3.63) is 0 Å². The molecule has 1 heterocycles. The lowest BCUT2D eigenvalue weighted by molar-refractivity contribution is -0.125. The van der Waals surface area contributed by atoms with Crippen LogP contribution in [0.25, 0.3) is 0 Å². The van der Waals surface area contributed by atoms with Crippen LogP contribution in [0.2, 0.25) is 0 Å². The van der Waals surface area contributed by atoms with E-state index in [1.807, 2.05) is 13.8 Å². The van der Waals surface area contributed by atoms with Crippen LogP contribution in [0.3, 0.4) is 0 Å². The number of piperidine rings is 1. The highest BCUT2D eigenvalue weighted by atomic mass is 16.6. The van der Waals surface area contributed by atoms with E-state index in [9.17, 15) is 14.9 Å². The SMILES string of the molecule is CCCC(C)OC(=O)NC(CC1CCC(C)(C)CC1)C(=O)NC1(C#N)CCN(CCC)CC1. The van der Waals surface area contributed by atoms with Gasteiger partial charge in [-0.25, -0.2) is 4.79 Å². The number of nitrogens with one attached hydrogen (secondary N) is 2. The van der Waals surface area contributed by atoms with Gasteiger partial charge >= 0.3 is 6.09 Å². The van der Waals surface area contributed by atoms with Crippen LogP contribution < -0.4 is 10.6 Å². The first-order valence-electron chi connectivity index (χ1n) is 13.0. The summed E-state index contributed by atoms with van der Waals surface area (Å²) in [6, 6.07) is 1.70. The largest absolute Gasteiger partial charge is 0.447 e. The Kier molecular flexibility index (Phi) is 10.5. The van der Waals surface area contributed by atoms with Gasteiger partial charge in [-0.05, 0) is 82.6 Å². The summed E-state index contributed by atoms with van der Waals surface area (Å²) in [4.78, 5) is 28.3. The van der Waals surface area contributed by atoms with Crippen molar-refractivity contribution in [2.24, 2.45) is 11.3 Å². The third-order valence-corrected chi connectivity index (χ3v) is 7.47. The summed E-state index contributed by atoms with van der Waals surface area (Å²) in [6.45, 7) is 13.3. The molecule has 2 aliphatic rings. The minimum atomic E-state index is -0.866. The maximum Gasteiger partial charge on any atom is 0.408 e. The predicted octanol–water partition coefficient (Wildman–Crippen LogP) is 4.76. The molecule has 1 aliphatic carbocycles. The smallest absolute Gasteiger partial charge is 0.408 e. The molecule has 0 aromatic carbocycles. The summed E-state index contributed by atoms with van der Waals surface area (Å²) in [7, 11) is 0. The highest BCUT2D eigenvalue weighted by Crippen LogP contribution is 2.39. The Morgan fingerprint density at radius 2 is 1.76 bits per heavy atom. The lowest BCUT2D eigenvalue weighted by Crippen LogP contribution is -2.59. The molecule has 1 aliphatic heterocycles. The summed E-state index contributed by atoms with van der Waals surface area (Å²) in [5, 5.41) is 15.8. The fourth-order valence-electron chi connectivity index (χ4n) is 5.15. The minimum absolute atomic E-state index is 0.192. The standard InChI is InChI=1S/C26H46N4O3/c1-6-8-20(3)33-24(32)28-22(18-21-9-11-25(4,5)12-10-21)23(31)29-26(19-27)13-16-30(15-7-2)17-14-26/h20-22H,6-18H2,1-5H3,(H,28,32)(H,29,31). The maximum atomic E-state index is 13.4. The van der Waals surface area contributed by atoms with E-state index < -0.39 is 17.7 Å². The third-order valence-electron chi connectivity index (χ3n) is 7.47. The number of hydrogen-bond acceptors (Lipinski definition) is 5. The van der Waals surface area contributed by atoms with Crippen LogP contribution in [0.4, 0.5) is 4.79 Å². The molecule has 0 spiro atoms. The van der Waals surface area contributed by atoms with Gasteiger partial charge in [0.15, 0.2) is 0 Å². The molecule has 7 nitrogen and oxygen atoms in total. The Hall–Kier alpha value is -1.81. The topological polar surface area (TPSA) is 94.5 Å². The Balaban J connectivity index is 2.05. The van der Waals surface area contributed by atoms with Crippen LogP contribution in [0.1, 0.15) is 98.8 Å². The summed E-state index contributed by atoms with van der Waals surface area (Å²) in [5.74, 6) is 0.122. The lowest BCUT2D eigenvalue weighted by atomic mass is 9.71. The van der Waals surface area contributed by atoms with Gasteiger partial charge in [0.2, 0.25) is 5.91 Å². The number of hydrogen-bond donors (Lipinski definition) is 2. The second kappa shape index (κ2) is 12.6. The molecule has 2 N–H and O–H groups in total. The zero-order chi connectivity index (χ0) is 24.5. The van der Waals surface area contributed by atoms with Crippen molar-refractivity contribution in [3.63, 3.8) is 0 Å². The number of likely N-dealkylation sites (tertiary alicyclic amines) is 1. The molecule has 0 aromatic rings. The highest BCUT2D eigenvalue weighted by Gasteiger charge is 2.39. The van der Waals surface area contributed by atoms with Crippen LogP contribution >= 0.6 is 0 Å². The van der Waals surface area contributed by atoms with E-state index in [0.29, 0.717) is 30.6 Å². The summed E-state index contributed by atoms with van der Waals surface area (Å²) < 4.78 is 5.47. The zero-order valence-corrected chi connectivity index (χ0v) is 21.5. The molecule has 2 atom stereocenters. The number of ether oxygens (including phenoxy) is 1. The van der Waals surface area contributed by atoms with Gasteiger partial charge in [-0.2, -0.15) is 5.26 Å². The van der Waals surface area contributed by atoms with Crippen molar-refractivity contribution in [1.82, 2.24) is 15.5 Å². The van der Waals surface area contributed by atoms with Gasteiger partial charge in [-0.1, -0.05) is 34.1 Å². The molecule has 2 rings (SSSR count). The van der Waals surface area contributed by atoms with E-state index >= 15 is 0 Å². The quantitative estimate of drug-likeness (QED) is 0.488. The van der Waals surface area contributed by atoms with E-state index in [1.165, 1.54) is 0 Å². The first kappa shape index (κ1) is 27.4. The minimum Gasteiger partial charge on any atom is -0.447 e. The normalized spacial score (nSPS) is 22.5. The second-order valence-corrected chi connectivity index (χ2v) is 11.1. The van der Waals surface area contributed by atoms with Crippen molar-refractivity contribution in [3.8, 4) is 6.07 Å². The lowest BCUT2D eigenvalue weighted by Gasteiger charge is -2.39. The fourth-order valence-corrected chi connectivity index (χ4v) is 5.15. The molecule has 1 saturated heterocycles. The van der Waals surface area contributed by atoms with Crippen LogP contribution in [0.15, 0.2) is 0 Å². The molecule has 0 aromatic heterocycles. The van der Waals surface area contributed by atoms with E-state index in [4.69, 9.17) is 4.74 Å². The van der Waals surface area contributed by atoms with Gasteiger partial charge in [0.05, 0.1) is 6.07 Å². The van der Waals surface area contributed by atoms with Gasteiger partial charge in [0.25, 0.3) is 0 Å². The molecule has 0 radical (unpaired) electrons. The zero-order valence-electron chi connectivity index (χ0n) is 21.5. The number of nitrogens with zero attached hydrogens (tertiary/aromatic N) is 2. The molecule has 33 heavy (non-hydrogen) atoms. The van der Waals surface area contributed by atoms with E-state index in [-0.39, 0.29) is 12.0 Å². The molecule has 1 saturated carbocycles. The Morgan fingerprint density at radius 1 is 1.12 bits per heavy atom. The fraction of sp³-hybridized carbons (Fsp3) is 0.885. The van der Waals surface area contributed by atoms with Crippen LogP contribution in [-0.4, -0.2) is 54.2 Å². The van der Waals surface area contributed by atoms with Gasteiger partial charge in [0, 0.05) is 13.1 Å². The molecule has 2 unspecified atom stereocenters. The predicted molar refractivity (Wildman–Crippen MR) is 131 cm³/mol. The van der Waals surface area contributed by atoms with Crippen molar-refractivity contribution >= 4 is 12.0 Å². The Morgan fingerprint density at radius 3 is 2.30 bits per heavy atom. The monoisotopic (exact) mass is 462 g/mol. The van der Waals surface area contributed by atoms with E-state index in [1.54, 1.807) is 0 Å². The molecule has 7 heteroatoms. The molecule has 2 fully saturated rings. The molecular formula is C26H46N4O3. The number of alkyl carbamates (subject to hydrolysis) is 1. The number of nitriles is 1.